The van der Waals surface area contributed by atoms with Gasteiger partial charge in [-0.1, -0.05) is 18.6 Å². The highest BCUT2D eigenvalue weighted by atomic mass is 16.2. The largest absolute Gasteiger partial charge is 0.336 e. The molecule has 1 aromatic rings. The number of nitrogens with zero attached hydrogens (tertiary/aromatic N) is 1. The summed E-state index contributed by atoms with van der Waals surface area (Å²) in [6.07, 6.45) is 3.86. The summed E-state index contributed by atoms with van der Waals surface area (Å²) in [7, 11) is 0. The van der Waals surface area contributed by atoms with E-state index in [1.165, 1.54) is 19.3 Å². The molecule has 1 aliphatic rings. The van der Waals surface area contributed by atoms with Crippen molar-refractivity contribution in [2.45, 2.75) is 38.8 Å². The molecule has 5 heteroatoms. The van der Waals surface area contributed by atoms with Crippen molar-refractivity contribution in [3.05, 3.63) is 29.8 Å². The van der Waals surface area contributed by atoms with E-state index >= 15 is 0 Å². The number of urea groups is 1. The lowest BCUT2D eigenvalue weighted by Crippen LogP contribution is -2.45. The van der Waals surface area contributed by atoms with Crippen molar-refractivity contribution in [2.75, 3.05) is 25.0 Å². The van der Waals surface area contributed by atoms with E-state index in [1.807, 2.05) is 24.3 Å². The van der Waals surface area contributed by atoms with Gasteiger partial charge in [-0.15, -0.1) is 0 Å². The highest BCUT2D eigenvalue weighted by Crippen LogP contribution is 2.12. The first kappa shape index (κ1) is 15.8. The molecule has 1 aromatic carbocycles. The Balaban J connectivity index is 1.76. The minimum Gasteiger partial charge on any atom is -0.336 e. The lowest BCUT2D eigenvalue weighted by molar-refractivity contribution is 0.171. The van der Waals surface area contributed by atoms with E-state index in [0.29, 0.717) is 19.1 Å². The molecule has 2 amide bonds. The monoisotopic (exact) mass is 290 g/mol. The smallest absolute Gasteiger partial charge is 0.319 e. The summed E-state index contributed by atoms with van der Waals surface area (Å²) in [6, 6.07) is 7.83. The van der Waals surface area contributed by atoms with E-state index in [-0.39, 0.29) is 6.03 Å². The quantitative estimate of drug-likeness (QED) is 0.778. The maximum absolute atomic E-state index is 11.9. The van der Waals surface area contributed by atoms with Gasteiger partial charge in [-0.3, -0.25) is 4.90 Å². The standard InChI is InChI=1S/C16H26N4O/c1-13(20-8-3-2-4-9-20)12-18-16(21)19-15-7-5-6-14(10-15)11-17/h5-7,10,13H,2-4,8-9,11-12,17H2,1H3,(H2,18,19,21). The van der Waals surface area contributed by atoms with Gasteiger partial charge in [-0.2, -0.15) is 0 Å². The van der Waals surface area contributed by atoms with Gasteiger partial charge in [0.1, 0.15) is 0 Å². The average molecular weight is 290 g/mol. The number of carbonyl (C=O) groups is 1. The number of hydrogen-bond donors (Lipinski definition) is 3. The van der Waals surface area contributed by atoms with Crippen molar-refractivity contribution < 1.29 is 4.79 Å². The van der Waals surface area contributed by atoms with Gasteiger partial charge in [0.05, 0.1) is 0 Å². The third-order valence-electron chi connectivity index (χ3n) is 3.99. The molecule has 5 nitrogen and oxygen atoms in total. The third-order valence-corrected chi connectivity index (χ3v) is 3.99. The Morgan fingerprint density at radius 3 is 2.81 bits per heavy atom. The molecule has 0 radical (unpaired) electrons. The Morgan fingerprint density at radius 1 is 1.33 bits per heavy atom. The number of rotatable bonds is 5. The number of amides is 2. The zero-order valence-electron chi connectivity index (χ0n) is 12.8. The SMILES string of the molecule is CC(CNC(=O)Nc1cccc(CN)c1)N1CCCCC1. The van der Waals surface area contributed by atoms with Crippen LogP contribution in [0.2, 0.25) is 0 Å². The topological polar surface area (TPSA) is 70.4 Å². The molecule has 1 fully saturated rings. The van der Waals surface area contributed by atoms with E-state index in [1.54, 1.807) is 0 Å². The van der Waals surface area contributed by atoms with Crippen LogP contribution >= 0.6 is 0 Å². The van der Waals surface area contributed by atoms with E-state index in [2.05, 4.69) is 22.5 Å². The molecule has 1 saturated heterocycles. The molecule has 0 saturated carbocycles. The Kier molecular flexibility index (Phi) is 6.02. The van der Waals surface area contributed by atoms with Crippen LogP contribution in [0.25, 0.3) is 0 Å². The molecule has 0 spiro atoms. The number of nitrogens with one attached hydrogen (secondary N) is 2. The van der Waals surface area contributed by atoms with Crippen LogP contribution in [-0.4, -0.2) is 36.6 Å². The van der Waals surface area contributed by atoms with Crippen molar-refractivity contribution in [3.63, 3.8) is 0 Å². The predicted molar refractivity (Wildman–Crippen MR) is 86.2 cm³/mol. The van der Waals surface area contributed by atoms with Crippen molar-refractivity contribution in [3.8, 4) is 0 Å². The lowest BCUT2D eigenvalue weighted by atomic mass is 10.1. The van der Waals surface area contributed by atoms with Crippen LogP contribution in [0.3, 0.4) is 0 Å². The molecule has 0 aliphatic carbocycles. The third kappa shape index (κ3) is 5.02. The van der Waals surface area contributed by atoms with E-state index in [4.69, 9.17) is 5.73 Å². The Morgan fingerprint density at radius 2 is 2.10 bits per heavy atom. The number of anilines is 1. The van der Waals surface area contributed by atoms with Gasteiger partial charge < -0.3 is 16.4 Å². The van der Waals surface area contributed by atoms with Crippen LogP contribution in [0.1, 0.15) is 31.7 Å². The molecule has 0 aromatic heterocycles. The maximum Gasteiger partial charge on any atom is 0.319 e. The molecule has 1 heterocycles. The van der Waals surface area contributed by atoms with E-state index < -0.39 is 0 Å². The molecular formula is C16H26N4O. The number of piperidine rings is 1. The minimum atomic E-state index is -0.159. The van der Waals surface area contributed by atoms with Crippen LogP contribution in [0.15, 0.2) is 24.3 Å². The Labute approximate surface area is 126 Å². The highest BCUT2D eigenvalue weighted by molar-refractivity contribution is 5.89. The summed E-state index contributed by atoms with van der Waals surface area (Å²) in [5.74, 6) is 0. The predicted octanol–water partition coefficient (Wildman–Crippen LogP) is 2.14. The number of nitrogens with two attached hydrogens (primary N) is 1. The average Bonchev–Trinajstić information content (AvgIpc) is 2.53. The van der Waals surface area contributed by atoms with Crippen LogP contribution in [0, 0.1) is 0 Å². The van der Waals surface area contributed by atoms with Gasteiger partial charge in [-0.05, 0) is 50.6 Å². The summed E-state index contributed by atoms with van der Waals surface area (Å²) in [4.78, 5) is 14.4. The molecule has 116 valence electrons. The normalized spacial score (nSPS) is 17.2. The van der Waals surface area contributed by atoms with Crippen LogP contribution in [0.5, 0.6) is 0 Å². The first-order valence-electron chi connectivity index (χ1n) is 7.77. The maximum atomic E-state index is 11.9. The molecule has 2 rings (SSSR count). The van der Waals surface area contributed by atoms with E-state index in [9.17, 15) is 4.79 Å². The molecule has 4 N–H and O–H groups in total. The number of likely N-dealkylation sites (tertiary alicyclic amines) is 1. The van der Waals surface area contributed by atoms with E-state index in [0.717, 1.165) is 24.3 Å². The summed E-state index contributed by atoms with van der Waals surface area (Å²) >= 11 is 0. The van der Waals surface area contributed by atoms with Gasteiger partial charge in [0.25, 0.3) is 0 Å². The fraction of sp³-hybridized carbons (Fsp3) is 0.562. The lowest BCUT2D eigenvalue weighted by Gasteiger charge is -2.32. The van der Waals surface area contributed by atoms with Crippen molar-refractivity contribution in [1.82, 2.24) is 10.2 Å². The second-order valence-corrected chi connectivity index (χ2v) is 5.69. The van der Waals surface area contributed by atoms with Crippen LogP contribution in [-0.2, 0) is 6.54 Å². The minimum absolute atomic E-state index is 0.159. The van der Waals surface area contributed by atoms with Gasteiger partial charge in [0.15, 0.2) is 0 Å². The first-order valence-corrected chi connectivity index (χ1v) is 7.77. The van der Waals surface area contributed by atoms with Crippen molar-refractivity contribution in [2.24, 2.45) is 5.73 Å². The van der Waals surface area contributed by atoms with Gasteiger partial charge in [0, 0.05) is 24.8 Å². The molecular weight excluding hydrogens is 264 g/mol. The van der Waals surface area contributed by atoms with Crippen molar-refractivity contribution >= 4 is 11.7 Å². The number of benzene rings is 1. The van der Waals surface area contributed by atoms with Crippen LogP contribution < -0.4 is 16.4 Å². The number of carbonyl (C=O) groups excluding carboxylic acids is 1. The highest BCUT2D eigenvalue weighted by Gasteiger charge is 2.16. The zero-order chi connectivity index (χ0) is 15.1. The summed E-state index contributed by atoms with van der Waals surface area (Å²) in [5, 5.41) is 5.79. The Bertz CT molecular complexity index is 457. The molecule has 21 heavy (non-hydrogen) atoms. The summed E-state index contributed by atoms with van der Waals surface area (Å²) < 4.78 is 0. The molecule has 1 aliphatic heterocycles. The fourth-order valence-corrected chi connectivity index (χ4v) is 2.68. The second-order valence-electron chi connectivity index (χ2n) is 5.69. The molecule has 0 bridgehead atoms. The zero-order valence-corrected chi connectivity index (χ0v) is 12.8. The first-order chi connectivity index (χ1) is 10.2. The summed E-state index contributed by atoms with van der Waals surface area (Å²) in [6.45, 7) is 5.60. The van der Waals surface area contributed by atoms with Crippen molar-refractivity contribution in [1.29, 1.82) is 0 Å². The number of hydrogen-bond acceptors (Lipinski definition) is 3. The van der Waals surface area contributed by atoms with Crippen LogP contribution in [0.4, 0.5) is 10.5 Å². The Hall–Kier alpha value is -1.59. The van der Waals surface area contributed by atoms with Gasteiger partial charge >= 0.3 is 6.03 Å². The van der Waals surface area contributed by atoms with Gasteiger partial charge in [-0.25, -0.2) is 4.79 Å². The fourth-order valence-electron chi connectivity index (χ4n) is 2.68. The molecule has 1 unspecified atom stereocenters. The molecule has 1 atom stereocenters. The summed E-state index contributed by atoms with van der Waals surface area (Å²) in [5.41, 5.74) is 7.38. The second kappa shape index (κ2) is 8.00. The van der Waals surface area contributed by atoms with Gasteiger partial charge in [0.2, 0.25) is 0 Å².